The van der Waals surface area contributed by atoms with Gasteiger partial charge in [-0.05, 0) is 6.42 Å². The summed E-state index contributed by atoms with van der Waals surface area (Å²) in [6, 6.07) is 0. The molecule has 0 fully saturated rings. The third kappa shape index (κ3) is 5.58. The van der Waals surface area contributed by atoms with Gasteiger partial charge in [0.15, 0.2) is 5.76 Å². The summed E-state index contributed by atoms with van der Waals surface area (Å²) in [4.78, 5) is 0. The van der Waals surface area contributed by atoms with Gasteiger partial charge in [-0.15, -0.1) is 0 Å². The van der Waals surface area contributed by atoms with Crippen molar-refractivity contribution in [3.63, 3.8) is 0 Å². The van der Waals surface area contributed by atoms with Crippen molar-refractivity contribution in [3.8, 4) is 0 Å². The van der Waals surface area contributed by atoms with Crippen molar-refractivity contribution in [1.29, 1.82) is 0 Å². The van der Waals surface area contributed by atoms with Crippen LogP contribution in [0.15, 0.2) is 11.7 Å². The predicted molar refractivity (Wildman–Crippen MR) is 43.7 cm³/mol. The number of aliphatic hydroxyl groups is 3. The molecular formula is C8H16O3. The average molecular weight is 160 g/mol. The lowest BCUT2D eigenvalue weighted by Gasteiger charge is -1.98. The van der Waals surface area contributed by atoms with Crippen molar-refractivity contribution in [2.75, 3.05) is 0 Å². The molecule has 0 aromatic rings. The number of unbranched alkanes of at least 4 members (excludes halogenated alkanes) is 3. The van der Waals surface area contributed by atoms with Crippen molar-refractivity contribution in [1.82, 2.24) is 0 Å². The summed E-state index contributed by atoms with van der Waals surface area (Å²) in [5, 5.41) is 25.5. The Balaban J connectivity index is 3.32. The lowest BCUT2D eigenvalue weighted by Crippen LogP contribution is -1.89. The third-order valence-corrected chi connectivity index (χ3v) is 1.53. The number of hydrogen-bond donors (Lipinski definition) is 3. The van der Waals surface area contributed by atoms with Gasteiger partial charge >= 0.3 is 5.95 Å². The topological polar surface area (TPSA) is 60.7 Å². The number of aliphatic hydroxyl groups excluding tert-OH is 2. The quantitative estimate of drug-likeness (QED) is 0.428. The Morgan fingerprint density at radius 2 is 1.64 bits per heavy atom. The summed E-state index contributed by atoms with van der Waals surface area (Å²) < 4.78 is 0. The fourth-order valence-electron chi connectivity index (χ4n) is 0.831. The van der Waals surface area contributed by atoms with Crippen molar-refractivity contribution in [3.05, 3.63) is 11.7 Å². The molecule has 0 bridgehead atoms. The highest BCUT2D eigenvalue weighted by atomic mass is 16.5. The van der Waals surface area contributed by atoms with Crippen LogP contribution in [-0.4, -0.2) is 15.3 Å². The Kier molecular flexibility index (Phi) is 5.43. The molecule has 0 rings (SSSR count). The van der Waals surface area contributed by atoms with Crippen LogP contribution in [0.1, 0.15) is 39.0 Å². The summed E-state index contributed by atoms with van der Waals surface area (Å²) in [7, 11) is 0. The molecule has 0 aliphatic heterocycles. The van der Waals surface area contributed by atoms with E-state index in [2.05, 4.69) is 6.92 Å². The van der Waals surface area contributed by atoms with Crippen molar-refractivity contribution in [2.45, 2.75) is 39.0 Å². The minimum Gasteiger partial charge on any atom is -0.506 e. The minimum atomic E-state index is -0.943. The van der Waals surface area contributed by atoms with Crippen LogP contribution in [0.3, 0.4) is 0 Å². The van der Waals surface area contributed by atoms with E-state index in [1.54, 1.807) is 0 Å². The van der Waals surface area contributed by atoms with Gasteiger partial charge in [-0.2, -0.15) is 0 Å². The molecule has 0 aliphatic carbocycles. The van der Waals surface area contributed by atoms with Crippen LogP contribution in [0.2, 0.25) is 0 Å². The first-order valence-electron chi connectivity index (χ1n) is 3.98. The molecule has 11 heavy (non-hydrogen) atoms. The molecule has 3 nitrogen and oxygen atoms in total. The maximum Gasteiger partial charge on any atom is 0.313 e. The van der Waals surface area contributed by atoms with Gasteiger partial charge in [0, 0.05) is 6.42 Å². The van der Waals surface area contributed by atoms with E-state index in [4.69, 9.17) is 15.3 Å². The summed E-state index contributed by atoms with van der Waals surface area (Å²) in [6.45, 7) is 2.10. The highest BCUT2D eigenvalue weighted by Crippen LogP contribution is 2.08. The van der Waals surface area contributed by atoms with Crippen LogP contribution >= 0.6 is 0 Å². The van der Waals surface area contributed by atoms with E-state index in [9.17, 15) is 0 Å². The first-order chi connectivity index (χ1) is 5.18. The van der Waals surface area contributed by atoms with Crippen LogP contribution in [0, 0.1) is 0 Å². The summed E-state index contributed by atoms with van der Waals surface area (Å²) in [5.74, 6) is -1.25. The molecule has 0 aromatic carbocycles. The van der Waals surface area contributed by atoms with Crippen LogP contribution in [-0.2, 0) is 0 Å². The predicted octanol–water partition coefficient (Wildman–Crippen LogP) is 2.80. The second-order valence-electron chi connectivity index (χ2n) is 2.58. The molecule has 0 saturated carbocycles. The highest BCUT2D eigenvalue weighted by Gasteiger charge is 1.99. The lowest BCUT2D eigenvalue weighted by atomic mass is 10.1. The molecule has 66 valence electrons. The highest BCUT2D eigenvalue weighted by molar-refractivity contribution is 4.88. The van der Waals surface area contributed by atoms with E-state index >= 15 is 0 Å². The van der Waals surface area contributed by atoms with Gasteiger partial charge in [0.25, 0.3) is 0 Å². The Morgan fingerprint density at radius 1 is 1.00 bits per heavy atom. The Labute approximate surface area is 67.0 Å². The lowest BCUT2D eigenvalue weighted by molar-refractivity contribution is 0.153. The number of hydrogen-bond acceptors (Lipinski definition) is 3. The maximum atomic E-state index is 8.81. The molecular weight excluding hydrogens is 144 g/mol. The van der Waals surface area contributed by atoms with E-state index in [0.717, 1.165) is 25.7 Å². The first-order valence-corrected chi connectivity index (χ1v) is 3.98. The molecule has 3 heteroatoms. The zero-order valence-corrected chi connectivity index (χ0v) is 6.88. The molecule has 0 atom stereocenters. The molecule has 0 amide bonds. The van der Waals surface area contributed by atoms with Gasteiger partial charge in [0.1, 0.15) is 0 Å². The van der Waals surface area contributed by atoms with Gasteiger partial charge in [-0.25, -0.2) is 0 Å². The SMILES string of the molecule is CCCCCCC(O)=C(O)O. The van der Waals surface area contributed by atoms with E-state index in [1.165, 1.54) is 0 Å². The molecule has 0 radical (unpaired) electrons. The molecule has 0 aliphatic rings. The van der Waals surface area contributed by atoms with Crippen LogP contribution in [0.5, 0.6) is 0 Å². The average Bonchev–Trinajstić information content (AvgIpc) is 1.97. The minimum absolute atomic E-state index is 0.305. The maximum absolute atomic E-state index is 8.81. The second kappa shape index (κ2) is 5.89. The molecule has 0 heterocycles. The van der Waals surface area contributed by atoms with Gasteiger partial charge in [-0.1, -0.05) is 26.2 Å². The Bertz CT molecular complexity index is 125. The van der Waals surface area contributed by atoms with Crippen molar-refractivity contribution < 1.29 is 15.3 Å². The smallest absolute Gasteiger partial charge is 0.313 e. The molecule has 0 saturated heterocycles. The number of allylic oxidation sites excluding steroid dienone is 1. The monoisotopic (exact) mass is 160 g/mol. The van der Waals surface area contributed by atoms with E-state index < -0.39 is 5.95 Å². The summed E-state index contributed by atoms with van der Waals surface area (Å²) >= 11 is 0. The fraction of sp³-hybridized carbons (Fsp3) is 0.750. The van der Waals surface area contributed by atoms with E-state index in [0.29, 0.717) is 6.42 Å². The standard InChI is InChI=1S/C8H16O3/c1-2-3-4-5-6-7(9)8(10)11/h9-11H,2-6H2,1H3. The largest absolute Gasteiger partial charge is 0.506 e. The zero-order chi connectivity index (χ0) is 8.69. The van der Waals surface area contributed by atoms with Gasteiger partial charge in [0.2, 0.25) is 0 Å². The molecule has 0 aromatic heterocycles. The Hall–Kier alpha value is -0.860. The first kappa shape index (κ1) is 10.1. The van der Waals surface area contributed by atoms with E-state index in [-0.39, 0.29) is 5.76 Å². The molecule has 3 N–H and O–H groups in total. The zero-order valence-electron chi connectivity index (χ0n) is 6.88. The van der Waals surface area contributed by atoms with Crippen LogP contribution in [0.4, 0.5) is 0 Å². The summed E-state index contributed by atoms with van der Waals surface area (Å²) in [5.41, 5.74) is 0. The second-order valence-corrected chi connectivity index (χ2v) is 2.58. The van der Waals surface area contributed by atoms with E-state index in [1.807, 2.05) is 0 Å². The number of rotatable bonds is 5. The molecule has 0 unspecified atom stereocenters. The summed E-state index contributed by atoms with van der Waals surface area (Å²) in [6.07, 6.45) is 4.45. The molecule has 0 spiro atoms. The fourth-order valence-corrected chi connectivity index (χ4v) is 0.831. The van der Waals surface area contributed by atoms with Crippen molar-refractivity contribution in [2.24, 2.45) is 0 Å². The van der Waals surface area contributed by atoms with Gasteiger partial charge in [0.05, 0.1) is 0 Å². The third-order valence-electron chi connectivity index (χ3n) is 1.53. The normalized spacial score (nSPS) is 9.55. The van der Waals surface area contributed by atoms with Crippen LogP contribution < -0.4 is 0 Å². The van der Waals surface area contributed by atoms with Crippen molar-refractivity contribution >= 4 is 0 Å². The Morgan fingerprint density at radius 3 is 2.09 bits per heavy atom. The van der Waals surface area contributed by atoms with Gasteiger partial charge < -0.3 is 15.3 Å². The van der Waals surface area contributed by atoms with Gasteiger partial charge in [-0.3, -0.25) is 0 Å². The van der Waals surface area contributed by atoms with Crippen LogP contribution in [0.25, 0.3) is 0 Å².